The molecule has 3 aliphatic carbocycles. The van der Waals surface area contributed by atoms with Crippen LogP contribution in [0.1, 0.15) is 87.0 Å². The number of likely N-dealkylation sites (N-methyl/N-ethyl adjacent to an activating group) is 1. The van der Waals surface area contributed by atoms with Crippen LogP contribution in [0, 0.1) is 24.2 Å². The summed E-state index contributed by atoms with van der Waals surface area (Å²) in [6.07, 6.45) is 7.78. The van der Waals surface area contributed by atoms with Gasteiger partial charge in [0.05, 0.1) is 6.10 Å². The number of fused-ring (bicyclic) bond motifs is 5. The van der Waals surface area contributed by atoms with Crippen LogP contribution in [-0.4, -0.2) is 41.5 Å². The minimum Gasteiger partial charge on any atom is -0.391 e. The second-order valence-corrected chi connectivity index (χ2v) is 11.5. The van der Waals surface area contributed by atoms with Crippen LogP contribution in [-0.2, 0) is 11.2 Å². The Morgan fingerprint density at radius 1 is 1.26 bits per heavy atom. The van der Waals surface area contributed by atoms with Gasteiger partial charge in [0, 0.05) is 19.0 Å². The van der Waals surface area contributed by atoms with E-state index in [0.29, 0.717) is 35.9 Å². The summed E-state index contributed by atoms with van der Waals surface area (Å²) in [6.45, 7) is 10.4. The third-order valence-corrected chi connectivity index (χ3v) is 9.64. The first kappa shape index (κ1) is 21.4. The third-order valence-electron chi connectivity index (χ3n) is 9.64. The maximum atomic E-state index is 12.1. The van der Waals surface area contributed by atoms with E-state index in [1.807, 2.05) is 6.08 Å². The van der Waals surface area contributed by atoms with Crippen LogP contribution < -0.4 is 0 Å². The smallest absolute Gasteiger partial charge is 0.155 e. The number of ketones is 1. The molecule has 7 atom stereocenters. The van der Waals surface area contributed by atoms with Gasteiger partial charge in [-0.3, -0.25) is 9.69 Å². The molecule has 1 aromatic carbocycles. The highest BCUT2D eigenvalue weighted by molar-refractivity contribution is 5.91. The number of hydrogen-bond acceptors (Lipinski definition) is 3. The van der Waals surface area contributed by atoms with Gasteiger partial charge in [-0.05, 0) is 103 Å². The molecule has 0 radical (unpaired) electrons. The number of nitrogens with zero attached hydrogens (tertiary/aromatic N) is 1. The number of allylic oxidation sites excluding steroid dienone is 2. The van der Waals surface area contributed by atoms with E-state index in [0.717, 1.165) is 32.2 Å². The van der Waals surface area contributed by atoms with Gasteiger partial charge >= 0.3 is 0 Å². The zero-order valence-corrected chi connectivity index (χ0v) is 19.9. The van der Waals surface area contributed by atoms with Crippen molar-refractivity contribution in [3.8, 4) is 0 Å². The van der Waals surface area contributed by atoms with Crippen molar-refractivity contribution in [2.24, 2.45) is 17.3 Å². The van der Waals surface area contributed by atoms with E-state index in [1.165, 1.54) is 23.1 Å². The number of carbonyl (C=O) groups excluding carboxylic acids is 1. The van der Waals surface area contributed by atoms with E-state index in [9.17, 15) is 9.90 Å². The van der Waals surface area contributed by atoms with Crippen LogP contribution in [0.15, 0.2) is 23.8 Å². The second kappa shape index (κ2) is 7.56. The van der Waals surface area contributed by atoms with Crippen molar-refractivity contribution >= 4 is 5.78 Å². The lowest BCUT2D eigenvalue weighted by Gasteiger charge is -2.47. The molecule has 1 saturated carbocycles. The average molecular weight is 422 g/mol. The Balaban J connectivity index is 1.47. The molecule has 1 aromatic rings. The van der Waals surface area contributed by atoms with Gasteiger partial charge in [-0.1, -0.05) is 38.5 Å². The largest absolute Gasteiger partial charge is 0.391 e. The van der Waals surface area contributed by atoms with Gasteiger partial charge in [-0.2, -0.15) is 0 Å². The van der Waals surface area contributed by atoms with Gasteiger partial charge in [0.2, 0.25) is 0 Å². The highest BCUT2D eigenvalue weighted by Gasteiger charge is 2.50. The molecule has 3 nitrogen and oxygen atoms in total. The van der Waals surface area contributed by atoms with E-state index >= 15 is 0 Å². The Kier molecular flexibility index (Phi) is 5.22. The van der Waals surface area contributed by atoms with Gasteiger partial charge in [-0.15, -0.1) is 0 Å². The van der Waals surface area contributed by atoms with E-state index in [2.05, 4.69) is 51.8 Å². The second-order valence-electron chi connectivity index (χ2n) is 11.5. The summed E-state index contributed by atoms with van der Waals surface area (Å²) < 4.78 is 0. The van der Waals surface area contributed by atoms with E-state index in [4.69, 9.17) is 0 Å². The molecule has 0 unspecified atom stereocenters. The maximum Gasteiger partial charge on any atom is 0.155 e. The number of hydrogen-bond donors (Lipinski definition) is 1. The first-order valence-electron chi connectivity index (χ1n) is 12.4. The summed E-state index contributed by atoms with van der Waals surface area (Å²) in [4.78, 5) is 14.4. The van der Waals surface area contributed by atoms with Crippen molar-refractivity contribution in [1.82, 2.24) is 4.90 Å². The molecule has 1 aliphatic heterocycles. The predicted molar refractivity (Wildman–Crippen MR) is 125 cm³/mol. The summed E-state index contributed by atoms with van der Waals surface area (Å²) in [5.74, 6) is 2.47. The minimum absolute atomic E-state index is 0.185. The molecule has 1 heterocycles. The van der Waals surface area contributed by atoms with Crippen molar-refractivity contribution < 1.29 is 9.90 Å². The van der Waals surface area contributed by atoms with Crippen LogP contribution in [0.4, 0.5) is 0 Å². The molecular formula is C28H39NO2. The van der Waals surface area contributed by atoms with E-state index in [1.54, 1.807) is 11.1 Å². The first-order chi connectivity index (χ1) is 14.7. The Morgan fingerprint density at radius 2 is 2.03 bits per heavy atom. The van der Waals surface area contributed by atoms with Crippen LogP contribution in [0.25, 0.3) is 0 Å². The molecule has 0 aromatic heterocycles. The molecule has 3 heteroatoms. The summed E-state index contributed by atoms with van der Waals surface area (Å²) in [5.41, 5.74) is 7.62. The number of aliphatic hydroxyl groups excluding tert-OH is 1. The molecule has 4 aliphatic rings. The quantitative estimate of drug-likeness (QED) is 0.718. The monoisotopic (exact) mass is 421 g/mol. The number of benzene rings is 1. The van der Waals surface area contributed by atoms with Gasteiger partial charge in [-0.25, -0.2) is 0 Å². The zero-order valence-electron chi connectivity index (χ0n) is 19.9. The van der Waals surface area contributed by atoms with Gasteiger partial charge in [0.25, 0.3) is 0 Å². The van der Waals surface area contributed by atoms with E-state index in [-0.39, 0.29) is 17.6 Å². The highest BCUT2D eigenvalue weighted by atomic mass is 16.3. The lowest BCUT2D eigenvalue weighted by atomic mass is 9.57. The summed E-state index contributed by atoms with van der Waals surface area (Å²) in [7, 11) is 2.18. The molecule has 5 rings (SSSR count). The molecule has 0 bridgehead atoms. The Labute approximate surface area is 187 Å². The molecule has 1 N–H and O–H groups in total. The molecule has 0 spiro atoms. The molecule has 1 saturated heterocycles. The molecule has 0 amide bonds. The molecule has 31 heavy (non-hydrogen) atoms. The number of likely N-dealkylation sites (tertiary alicyclic amines) is 1. The van der Waals surface area contributed by atoms with Crippen molar-refractivity contribution in [2.45, 2.75) is 90.2 Å². The molecular weight excluding hydrogens is 382 g/mol. The van der Waals surface area contributed by atoms with Gasteiger partial charge in [0.15, 0.2) is 5.78 Å². The zero-order chi connectivity index (χ0) is 22.1. The first-order valence-corrected chi connectivity index (χ1v) is 12.4. The minimum atomic E-state index is -0.259. The normalized spacial score (nSPS) is 38.8. The van der Waals surface area contributed by atoms with Gasteiger partial charge < -0.3 is 5.11 Å². The van der Waals surface area contributed by atoms with Crippen molar-refractivity contribution in [2.75, 3.05) is 13.6 Å². The average Bonchev–Trinajstić information content (AvgIpc) is 3.09. The lowest BCUT2D eigenvalue weighted by Crippen LogP contribution is -2.51. The maximum absolute atomic E-state index is 12.1. The fourth-order valence-electron chi connectivity index (χ4n) is 8.01. The van der Waals surface area contributed by atoms with Crippen molar-refractivity contribution in [3.05, 3.63) is 46.0 Å². The number of rotatable bonds is 2. The number of carbonyl (C=O) groups is 1. The standard InChI is InChI=1S/C28H39NO2/c1-16-12-26(31)27(29(5)15-16)18(3)21-8-9-22-23-7-6-19-13-20(30)10-11-28(19,4)25(23)14-24(22)17(21)2/h8-9,13,16,18,23,25-27,31H,6-7,10-12,14-15H2,1-5H3/t16-,18-,23-,25-,26+,27-,28-/m0/s1. The molecule has 168 valence electrons. The predicted octanol–water partition coefficient (Wildman–Crippen LogP) is 5.14. The van der Waals surface area contributed by atoms with Crippen LogP contribution in [0.3, 0.4) is 0 Å². The van der Waals surface area contributed by atoms with E-state index < -0.39 is 0 Å². The van der Waals surface area contributed by atoms with Crippen molar-refractivity contribution in [1.29, 1.82) is 0 Å². The topological polar surface area (TPSA) is 40.5 Å². The Hall–Kier alpha value is -1.45. The number of aliphatic hydroxyl groups is 1. The lowest BCUT2D eigenvalue weighted by molar-refractivity contribution is -0.116. The van der Waals surface area contributed by atoms with Crippen molar-refractivity contribution in [3.63, 3.8) is 0 Å². The van der Waals surface area contributed by atoms with Crippen LogP contribution in [0.5, 0.6) is 0 Å². The highest BCUT2D eigenvalue weighted by Crippen LogP contribution is 2.60. The van der Waals surface area contributed by atoms with Crippen LogP contribution >= 0.6 is 0 Å². The molecule has 2 fully saturated rings. The Morgan fingerprint density at radius 3 is 2.77 bits per heavy atom. The summed E-state index contributed by atoms with van der Waals surface area (Å²) in [6, 6.07) is 4.98. The van der Waals surface area contributed by atoms with Crippen LogP contribution in [0.2, 0.25) is 0 Å². The number of piperidine rings is 1. The summed E-state index contributed by atoms with van der Waals surface area (Å²) >= 11 is 0. The fourth-order valence-corrected chi connectivity index (χ4v) is 8.01. The Bertz CT molecular complexity index is 921. The summed E-state index contributed by atoms with van der Waals surface area (Å²) in [5, 5.41) is 10.9. The SMILES string of the molecule is Cc1c([C@H](C)[C@H]2[C@H](O)C[C@H](C)CN2C)ccc2c1C[C@H]1[C@H]2CCC2=CC(=O)CC[C@@]21C. The van der Waals surface area contributed by atoms with Gasteiger partial charge in [0.1, 0.15) is 0 Å². The third kappa shape index (κ3) is 3.26. The fraction of sp³-hybridized carbons (Fsp3) is 0.679.